The summed E-state index contributed by atoms with van der Waals surface area (Å²) in [6.45, 7) is 7.13. The van der Waals surface area contributed by atoms with Gasteiger partial charge in [0.2, 0.25) is 0 Å². The van der Waals surface area contributed by atoms with E-state index in [1.54, 1.807) is 27.7 Å². The van der Waals surface area contributed by atoms with Crippen molar-refractivity contribution in [2.24, 2.45) is 5.41 Å². The molecule has 0 amide bonds. The van der Waals surface area contributed by atoms with E-state index in [9.17, 15) is 18.0 Å². The minimum Gasteiger partial charge on any atom is -0.298 e. The SMILES string of the molecule is Cc1ccc(C(F)(F)F)cc1CC(Br)C(=O)C(C)(C)C. The molecule has 0 aliphatic heterocycles. The summed E-state index contributed by atoms with van der Waals surface area (Å²) in [4.78, 5) is 11.6. The highest BCUT2D eigenvalue weighted by Crippen LogP contribution is 2.32. The fourth-order valence-corrected chi connectivity index (χ4v) is 2.86. The van der Waals surface area contributed by atoms with Crippen LogP contribution in [0, 0.1) is 12.3 Å². The minimum absolute atomic E-state index is 0.0192. The van der Waals surface area contributed by atoms with Crippen molar-refractivity contribution >= 4 is 21.7 Å². The quantitative estimate of drug-likeness (QED) is 0.706. The van der Waals surface area contributed by atoms with E-state index in [-0.39, 0.29) is 12.2 Å². The zero-order valence-corrected chi connectivity index (χ0v) is 13.5. The Labute approximate surface area is 125 Å². The van der Waals surface area contributed by atoms with E-state index in [4.69, 9.17) is 0 Å². The van der Waals surface area contributed by atoms with Gasteiger partial charge in [-0.3, -0.25) is 4.79 Å². The average molecular weight is 351 g/mol. The normalized spacial score (nSPS) is 14.2. The maximum absolute atomic E-state index is 12.7. The van der Waals surface area contributed by atoms with Crippen molar-refractivity contribution in [2.75, 3.05) is 0 Å². The lowest BCUT2D eigenvalue weighted by Gasteiger charge is -2.21. The Kier molecular flexibility index (Phi) is 5.06. The van der Waals surface area contributed by atoms with Gasteiger partial charge in [0.15, 0.2) is 5.78 Å². The van der Waals surface area contributed by atoms with Crippen molar-refractivity contribution in [3.8, 4) is 0 Å². The molecule has 1 rings (SSSR count). The van der Waals surface area contributed by atoms with Crippen LogP contribution in [0.5, 0.6) is 0 Å². The predicted octanol–water partition coefficient (Wildman–Crippen LogP) is 4.94. The van der Waals surface area contributed by atoms with Crippen molar-refractivity contribution in [3.63, 3.8) is 0 Å². The number of hydrogen-bond donors (Lipinski definition) is 0. The predicted molar refractivity (Wildman–Crippen MR) is 77.1 cm³/mol. The third-order valence-corrected chi connectivity index (χ3v) is 3.84. The molecule has 1 unspecified atom stereocenters. The van der Waals surface area contributed by atoms with Gasteiger partial charge >= 0.3 is 6.18 Å². The Bertz CT molecular complexity index is 501. The first-order valence-corrected chi connectivity index (χ1v) is 7.19. The Morgan fingerprint density at radius 1 is 1.25 bits per heavy atom. The Morgan fingerprint density at radius 2 is 1.80 bits per heavy atom. The van der Waals surface area contributed by atoms with E-state index >= 15 is 0 Å². The molecule has 0 fully saturated rings. The van der Waals surface area contributed by atoms with Crippen LogP contribution < -0.4 is 0 Å². The molecule has 0 aliphatic carbocycles. The largest absolute Gasteiger partial charge is 0.416 e. The summed E-state index contributed by atoms with van der Waals surface area (Å²) in [6, 6.07) is 3.63. The standard InChI is InChI=1S/C15H18BrF3O/c1-9-5-6-11(15(17,18)19)7-10(9)8-12(16)13(20)14(2,3)4/h5-7,12H,8H2,1-4H3. The van der Waals surface area contributed by atoms with Gasteiger partial charge in [-0.05, 0) is 36.6 Å². The first-order chi connectivity index (χ1) is 8.93. The van der Waals surface area contributed by atoms with E-state index in [0.29, 0.717) is 5.56 Å². The molecule has 0 heterocycles. The molecule has 5 heteroatoms. The molecule has 0 bridgehead atoms. The number of rotatable bonds is 3. The van der Waals surface area contributed by atoms with Crippen LogP contribution in [-0.2, 0) is 17.4 Å². The highest BCUT2D eigenvalue weighted by molar-refractivity contribution is 9.10. The molecule has 0 aliphatic rings. The lowest BCUT2D eigenvalue weighted by molar-refractivity contribution is -0.137. The fourth-order valence-electron chi connectivity index (χ4n) is 1.82. The summed E-state index contributed by atoms with van der Waals surface area (Å²) in [7, 11) is 0. The molecule has 20 heavy (non-hydrogen) atoms. The van der Waals surface area contributed by atoms with Crippen LogP contribution in [-0.4, -0.2) is 10.6 Å². The summed E-state index contributed by atoms with van der Waals surface area (Å²) >= 11 is 3.29. The van der Waals surface area contributed by atoms with Gasteiger partial charge in [-0.15, -0.1) is 0 Å². The number of aryl methyl sites for hydroxylation is 1. The molecule has 0 spiro atoms. The van der Waals surface area contributed by atoms with Gasteiger partial charge in [-0.25, -0.2) is 0 Å². The Morgan fingerprint density at radius 3 is 2.25 bits per heavy atom. The Balaban J connectivity index is 3.01. The maximum atomic E-state index is 12.7. The molecule has 0 radical (unpaired) electrons. The highest BCUT2D eigenvalue weighted by Gasteiger charge is 2.32. The van der Waals surface area contributed by atoms with E-state index in [0.717, 1.165) is 17.7 Å². The van der Waals surface area contributed by atoms with Crippen LogP contribution in [0.25, 0.3) is 0 Å². The van der Waals surface area contributed by atoms with Crippen molar-refractivity contribution in [1.29, 1.82) is 0 Å². The topological polar surface area (TPSA) is 17.1 Å². The number of carbonyl (C=O) groups excluding carboxylic acids is 1. The first kappa shape index (κ1) is 17.2. The molecule has 0 aromatic heterocycles. The smallest absolute Gasteiger partial charge is 0.298 e. The van der Waals surface area contributed by atoms with Crippen molar-refractivity contribution in [2.45, 2.75) is 45.1 Å². The van der Waals surface area contributed by atoms with Crippen LogP contribution in [0.15, 0.2) is 18.2 Å². The van der Waals surface area contributed by atoms with Crippen molar-refractivity contribution in [3.05, 3.63) is 34.9 Å². The highest BCUT2D eigenvalue weighted by atomic mass is 79.9. The van der Waals surface area contributed by atoms with Gasteiger partial charge in [0, 0.05) is 5.41 Å². The third-order valence-electron chi connectivity index (χ3n) is 3.10. The second kappa shape index (κ2) is 5.88. The Hall–Kier alpha value is -0.840. The first-order valence-electron chi connectivity index (χ1n) is 6.28. The average Bonchev–Trinajstić information content (AvgIpc) is 2.28. The van der Waals surface area contributed by atoms with Gasteiger partial charge in [-0.1, -0.05) is 42.8 Å². The van der Waals surface area contributed by atoms with E-state index < -0.39 is 22.0 Å². The molecule has 1 aromatic rings. The molecule has 1 nitrogen and oxygen atoms in total. The second-order valence-corrected chi connectivity index (χ2v) is 7.03. The molecule has 1 aromatic carbocycles. The minimum atomic E-state index is -4.36. The number of carbonyl (C=O) groups is 1. The molecule has 112 valence electrons. The molecule has 0 saturated carbocycles. The number of alkyl halides is 4. The maximum Gasteiger partial charge on any atom is 0.416 e. The molecule has 1 atom stereocenters. The van der Waals surface area contributed by atoms with Crippen LogP contribution in [0.1, 0.15) is 37.5 Å². The number of halogens is 4. The van der Waals surface area contributed by atoms with Gasteiger partial charge in [-0.2, -0.15) is 13.2 Å². The molecule has 0 saturated heterocycles. The van der Waals surface area contributed by atoms with Crippen LogP contribution in [0.2, 0.25) is 0 Å². The third kappa shape index (κ3) is 4.33. The van der Waals surface area contributed by atoms with Crippen LogP contribution >= 0.6 is 15.9 Å². The number of benzene rings is 1. The van der Waals surface area contributed by atoms with Crippen molar-refractivity contribution in [1.82, 2.24) is 0 Å². The lowest BCUT2D eigenvalue weighted by atomic mass is 9.86. The number of hydrogen-bond acceptors (Lipinski definition) is 1. The van der Waals surface area contributed by atoms with E-state index in [1.165, 1.54) is 6.07 Å². The lowest BCUT2D eigenvalue weighted by Crippen LogP contribution is -2.30. The second-order valence-electron chi connectivity index (χ2n) is 5.92. The van der Waals surface area contributed by atoms with Crippen LogP contribution in [0.4, 0.5) is 13.2 Å². The van der Waals surface area contributed by atoms with Gasteiger partial charge in [0.25, 0.3) is 0 Å². The summed E-state index contributed by atoms with van der Waals surface area (Å²) in [5, 5.41) is 0. The van der Waals surface area contributed by atoms with Gasteiger partial charge < -0.3 is 0 Å². The summed E-state index contributed by atoms with van der Waals surface area (Å²) in [6.07, 6.45) is -4.11. The number of Topliss-reactive ketones (excluding diaryl/α,β-unsaturated/α-hetero) is 1. The monoisotopic (exact) mass is 350 g/mol. The van der Waals surface area contributed by atoms with Gasteiger partial charge in [0.05, 0.1) is 10.4 Å². The fraction of sp³-hybridized carbons (Fsp3) is 0.533. The molecular weight excluding hydrogens is 333 g/mol. The molecular formula is C15H18BrF3O. The van der Waals surface area contributed by atoms with Gasteiger partial charge in [0.1, 0.15) is 0 Å². The zero-order chi connectivity index (χ0) is 15.7. The number of ketones is 1. The van der Waals surface area contributed by atoms with Crippen LogP contribution in [0.3, 0.4) is 0 Å². The summed E-state index contributed by atoms with van der Waals surface area (Å²) in [5.41, 5.74) is 0.0911. The van der Waals surface area contributed by atoms with E-state index in [2.05, 4.69) is 15.9 Å². The van der Waals surface area contributed by atoms with Crippen molar-refractivity contribution < 1.29 is 18.0 Å². The molecule has 0 N–H and O–H groups in total. The summed E-state index contributed by atoms with van der Waals surface area (Å²) in [5.74, 6) is -0.0192. The van der Waals surface area contributed by atoms with E-state index in [1.807, 2.05) is 0 Å². The summed E-state index contributed by atoms with van der Waals surface area (Å²) < 4.78 is 38.1. The zero-order valence-electron chi connectivity index (χ0n) is 11.9.